The van der Waals surface area contributed by atoms with Gasteiger partial charge in [-0.2, -0.15) is 0 Å². The van der Waals surface area contributed by atoms with Gasteiger partial charge in [0.2, 0.25) is 0 Å². The number of carbonyl (C=O) groups excluding carboxylic acids is 1. The maximum Gasteiger partial charge on any atom is 0.337 e. The standard InChI is InChI=1S/C29H32N2O6S/c1-6-18(4)37-21-12-9-19(10-13-21)15-25-27(32)31-26(22(28(33)34-5)17-30-29(31)38-25)20-11-14-23(35-7-2)24(16-20)36-8-3/h9-18,26H,6-8H2,1-5H3/b25-15-/t18-,26-/m0/s1. The molecule has 38 heavy (non-hydrogen) atoms. The van der Waals surface area contributed by atoms with Gasteiger partial charge < -0.3 is 18.9 Å². The first kappa shape index (κ1) is 27.2. The maximum atomic E-state index is 13.7. The highest BCUT2D eigenvalue weighted by atomic mass is 32.1. The molecule has 2 aromatic carbocycles. The minimum absolute atomic E-state index is 0.124. The molecular weight excluding hydrogens is 504 g/mol. The average Bonchev–Trinajstić information content (AvgIpc) is 3.24. The zero-order chi connectivity index (χ0) is 27.2. The van der Waals surface area contributed by atoms with Crippen molar-refractivity contribution in [3.8, 4) is 17.2 Å². The van der Waals surface area contributed by atoms with E-state index in [1.54, 1.807) is 12.1 Å². The number of nitrogens with zero attached hydrogens (tertiary/aromatic N) is 2. The van der Waals surface area contributed by atoms with Gasteiger partial charge in [0.25, 0.3) is 5.56 Å². The lowest BCUT2D eigenvalue weighted by molar-refractivity contribution is -0.136. The van der Waals surface area contributed by atoms with Crippen LogP contribution in [0.3, 0.4) is 0 Å². The quantitative estimate of drug-likeness (QED) is 0.364. The van der Waals surface area contributed by atoms with Crippen LogP contribution in [-0.4, -0.2) is 37.0 Å². The Morgan fingerprint density at radius 3 is 2.45 bits per heavy atom. The number of fused-ring (bicyclic) bond motifs is 1. The molecule has 0 bridgehead atoms. The Kier molecular flexibility index (Phi) is 8.68. The maximum absolute atomic E-state index is 13.7. The molecule has 8 nitrogen and oxygen atoms in total. The summed E-state index contributed by atoms with van der Waals surface area (Å²) >= 11 is 1.27. The molecule has 2 heterocycles. The summed E-state index contributed by atoms with van der Waals surface area (Å²) in [6.07, 6.45) is 4.33. The lowest BCUT2D eigenvalue weighted by Crippen LogP contribution is -2.39. The predicted octanol–water partition coefficient (Wildman–Crippen LogP) is 3.99. The lowest BCUT2D eigenvalue weighted by atomic mass is 9.97. The van der Waals surface area contributed by atoms with Gasteiger partial charge in [0.1, 0.15) is 5.75 Å². The van der Waals surface area contributed by atoms with Gasteiger partial charge in [0.15, 0.2) is 16.3 Å². The van der Waals surface area contributed by atoms with E-state index >= 15 is 0 Å². The van der Waals surface area contributed by atoms with E-state index in [2.05, 4.69) is 11.9 Å². The van der Waals surface area contributed by atoms with Crippen LogP contribution in [0.1, 0.15) is 51.3 Å². The van der Waals surface area contributed by atoms with Crippen LogP contribution in [0, 0.1) is 0 Å². The second-order valence-corrected chi connectivity index (χ2v) is 9.66. The molecule has 3 aromatic rings. The second kappa shape index (κ2) is 12.1. The van der Waals surface area contributed by atoms with E-state index in [0.29, 0.717) is 39.6 Å². The van der Waals surface area contributed by atoms with Crippen molar-refractivity contribution in [2.24, 2.45) is 4.99 Å². The van der Waals surface area contributed by atoms with Gasteiger partial charge in [-0.05, 0) is 68.7 Å². The number of hydrogen-bond donors (Lipinski definition) is 0. The topological polar surface area (TPSA) is 88.4 Å². The molecule has 1 aromatic heterocycles. The van der Waals surface area contributed by atoms with Gasteiger partial charge in [-0.25, -0.2) is 9.79 Å². The normalized spacial score (nSPS) is 15.7. The van der Waals surface area contributed by atoms with Crippen molar-refractivity contribution in [1.29, 1.82) is 0 Å². The number of hydrogen-bond acceptors (Lipinski definition) is 8. The van der Waals surface area contributed by atoms with E-state index in [1.165, 1.54) is 29.2 Å². The fraction of sp³-hybridized carbons (Fsp3) is 0.345. The summed E-state index contributed by atoms with van der Waals surface area (Å²) in [6, 6.07) is 12.3. The number of ether oxygens (including phenoxy) is 4. The van der Waals surface area contributed by atoms with Crippen LogP contribution in [-0.2, 0) is 9.53 Å². The minimum atomic E-state index is -0.734. The number of carbonyl (C=O) groups is 1. The number of esters is 1. The van der Waals surface area contributed by atoms with Gasteiger partial charge in [-0.1, -0.05) is 36.5 Å². The first-order valence-electron chi connectivity index (χ1n) is 12.7. The summed E-state index contributed by atoms with van der Waals surface area (Å²) in [5.74, 6) is 1.35. The molecule has 200 valence electrons. The summed E-state index contributed by atoms with van der Waals surface area (Å²) in [5.41, 5.74) is 1.54. The van der Waals surface area contributed by atoms with Gasteiger partial charge in [0.05, 0.1) is 42.6 Å². The molecule has 0 spiro atoms. The zero-order valence-electron chi connectivity index (χ0n) is 22.2. The van der Waals surface area contributed by atoms with E-state index < -0.39 is 12.0 Å². The number of methoxy groups -OCH3 is 1. The smallest absolute Gasteiger partial charge is 0.337 e. The lowest BCUT2D eigenvalue weighted by Gasteiger charge is -2.23. The summed E-state index contributed by atoms with van der Waals surface area (Å²) < 4.78 is 24.4. The third-order valence-electron chi connectivity index (χ3n) is 6.10. The molecule has 0 aliphatic carbocycles. The summed E-state index contributed by atoms with van der Waals surface area (Å²) in [5, 5.41) is 0. The number of benzene rings is 2. The van der Waals surface area contributed by atoms with E-state index in [9.17, 15) is 9.59 Å². The first-order chi connectivity index (χ1) is 18.4. The third kappa shape index (κ3) is 5.67. The number of rotatable bonds is 10. The van der Waals surface area contributed by atoms with Crippen LogP contribution in [0.2, 0.25) is 0 Å². The van der Waals surface area contributed by atoms with Crippen LogP contribution in [0.25, 0.3) is 6.08 Å². The minimum Gasteiger partial charge on any atom is -0.491 e. The van der Waals surface area contributed by atoms with Crippen molar-refractivity contribution < 1.29 is 23.7 Å². The summed E-state index contributed by atoms with van der Waals surface area (Å²) in [7, 11) is 1.31. The molecule has 0 unspecified atom stereocenters. The third-order valence-corrected chi connectivity index (χ3v) is 7.10. The van der Waals surface area contributed by atoms with Crippen molar-refractivity contribution in [3.05, 3.63) is 85.1 Å². The summed E-state index contributed by atoms with van der Waals surface area (Å²) in [4.78, 5) is 31.4. The van der Waals surface area contributed by atoms with Gasteiger partial charge in [0, 0.05) is 6.20 Å². The highest BCUT2D eigenvalue weighted by Crippen LogP contribution is 2.35. The van der Waals surface area contributed by atoms with Crippen LogP contribution in [0.5, 0.6) is 17.2 Å². The predicted molar refractivity (Wildman–Crippen MR) is 147 cm³/mol. The van der Waals surface area contributed by atoms with Crippen molar-refractivity contribution >= 4 is 23.4 Å². The monoisotopic (exact) mass is 536 g/mol. The van der Waals surface area contributed by atoms with Gasteiger partial charge >= 0.3 is 5.97 Å². The number of thiazole rings is 1. The van der Waals surface area contributed by atoms with E-state index in [4.69, 9.17) is 18.9 Å². The Hall–Kier alpha value is -3.85. The number of aromatic nitrogens is 1. The molecule has 1 aliphatic heterocycles. The first-order valence-corrected chi connectivity index (χ1v) is 13.5. The fourth-order valence-corrected chi connectivity index (χ4v) is 5.07. The van der Waals surface area contributed by atoms with E-state index in [1.807, 2.05) is 57.2 Å². The molecule has 0 fully saturated rings. The molecule has 1 aliphatic rings. The van der Waals surface area contributed by atoms with Crippen LogP contribution < -0.4 is 29.1 Å². The van der Waals surface area contributed by atoms with Crippen LogP contribution in [0.15, 0.2) is 64.0 Å². The molecule has 0 radical (unpaired) electrons. The van der Waals surface area contributed by atoms with Crippen LogP contribution >= 0.6 is 11.3 Å². The fourth-order valence-electron chi connectivity index (χ4n) is 4.10. The van der Waals surface area contributed by atoms with Crippen molar-refractivity contribution in [3.63, 3.8) is 0 Å². The van der Waals surface area contributed by atoms with Crippen LogP contribution in [0.4, 0.5) is 0 Å². The van der Waals surface area contributed by atoms with Gasteiger partial charge in [-0.3, -0.25) is 9.36 Å². The molecule has 0 saturated heterocycles. The molecule has 9 heteroatoms. The average molecular weight is 537 g/mol. The van der Waals surface area contributed by atoms with Gasteiger partial charge in [-0.15, -0.1) is 0 Å². The molecule has 0 N–H and O–H groups in total. The Bertz CT molecular complexity index is 1500. The zero-order valence-corrected chi connectivity index (χ0v) is 23.0. The summed E-state index contributed by atoms with van der Waals surface area (Å²) in [6.45, 7) is 8.79. The molecular formula is C29H32N2O6S. The largest absolute Gasteiger partial charge is 0.491 e. The van der Waals surface area contributed by atoms with E-state index in [0.717, 1.165) is 17.7 Å². The highest BCUT2D eigenvalue weighted by Gasteiger charge is 2.31. The molecule has 2 atom stereocenters. The second-order valence-electron chi connectivity index (χ2n) is 8.65. The Morgan fingerprint density at radius 2 is 1.79 bits per heavy atom. The van der Waals surface area contributed by atoms with E-state index in [-0.39, 0.29) is 17.2 Å². The SMILES string of the molecule is CCOc1ccc([C@H]2C(C(=O)OC)=CN=c3s/c(=C\c4ccc(O[C@@H](C)CC)cc4)c(=O)n32)cc1OCC. The van der Waals surface area contributed by atoms with Crippen molar-refractivity contribution in [2.75, 3.05) is 20.3 Å². The Morgan fingerprint density at radius 1 is 1.08 bits per heavy atom. The molecule has 4 rings (SSSR count). The molecule has 0 amide bonds. The van der Waals surface area contributed by atoms with Crippen molar-refractivity contribution in [1.82, 2.24) is 4.57 Å². The Labute approximate surface area is 225 Å². The highest BCUT2D eigenvalue weighted by molar-refractivity contribution is 7.07. The Balaban J connectivity index is 1.80. The van der Waals surface area contributed by atoms with Crippen molar-refractivity contribution in [2.45, 2.75) is 46.3 Å². The molecule has 0 saturated carbocycles.